The van der Waals surface area contributed by atoms with Gasteiger partial charge >= 0.3 is 0 Å². The summed E-state index contributed by atoms with van der Waals surface area (Å²) in [5.41, 5.74) is 1.14. The molecule has 3 saturated heterocycles. The van der Waals surface area contributed by atoms with Crippen molar-refractivity contribution < 1.29 is 89.3 Å². The normalized spacial score (nSPS) is 49.7. The number of aliphatic hydroxyl groups excluding tert-OH is 10. The lowest BCUT2D eigenvalue weighted by Gasteiger charge is -2.58. The van der Waals surface area contributed by atoms with Gasteiger partial charge in [0.1, 0.15) is 48.8 Å². The van der Waals surface area contributed by atoms with Gasteiger partial charge in [-0.1, -0.05) is 39.3 Å². The summed E-state index contributed by atoms with van der Waals surface area (Å²) in [5.74, 6) is 0.395. The molecule has 3 saturated carbocycles. The SMILES string of the molecule is CC1O[C@@H](OC([C@H](OC2CC[C@@]3(C)C(=CC[C@H]4[C@@H]5CC6OC(O)(CC[C@@H](C)CO)[C@@H](C)[C@H]6[C@@]5(C)CC[C@@H]43)C2)OC(CO)O[C@@H]2OC(CO)[C@@H](O)C(O)C2O)[C@@H](C)O)C(O)C(O)[C@H]1O. The molecule has 0 aromatic rings. The minimum absolute atomic E-state index is 0.0172. The standard InChI is InChI=1S/C45H76O18/c1-20(17-46)9-14-45(56)21(2)32-29(63-45)16-28-26-8-7-24-15-25(10-12-43(24,5)27(26)11-13-44(28,32)6)58-42(39(22(3)49)62-40-37(54)35(52)33(50)23(4)57-40)61-31(19-48)60-41-38(55)36(53)34(51)30(18-47)59-41/h7,20-23,25-42,46-56H,8-19H2,1-6H3/t20-,21+,22-,23?,25?,26-,27+,28+,29?,30?,31?,32-,33+,34-,35?,36?,37?,38?,39?,40+,41+,42-,43+,44+,45?/m1/s1. The van der Waals surface area contributed by atoms with Crippen LogP contribution in [0.4, 0.5) is 0 Å². The molecule has 18 heteroatoms. The van der Waals surface area contributed by atoms with Crippen LogP contribution in [0.5, 0.6) is 0 Å². The molecule has 0 spiro atoms. The zero-order valence-corrected chi connectivity index (χ0v) is 37.5. The number of allylic oxidation sites excluding steroid dienone is 1. The van der Waals surface area contributed by atoms with Gasteiger partial charge in [0.2, 0.25) is 0 Å². The molecular formula is C45H76O18. The van der Waals surface area contributed by atoms with Gasteiger partial charge in [-0.25, -0.2) is 0 Å². The zero-order chi connectivity index (χ0) is 45.9. The maximum absolute atomic E-state index is 11.7. The van der Waals surface area contributed by atoms with Crippen molar-refractivity contribution >= 4 is 0 Å². The molecule has 0 bridgehead atoms. The molecule has 7 aliphatic rings. The van der Waals surface area contributed by atoms with Crippen molar-refractivity contribution in [2.24, 2.45) is 46.3 Å². The molecule has 4 aliphatic carbocycles. The van der Waals surface area contributed by atoms with E-state index in [2.05, 4.69) is 26.8 Å². The molecule has 63 heavy (non-hydrogen) atoms. The maximum atomic E-state index is 11.7. The first-order valence-corrected chi connectivity index (χ1v) is 23.3. The third kappa shape index (κ3) is 9.32. The maximum Gasteiger partial charge on any atom is 0.189 e. The molecule has 0 radical (unpaired) electrons. The third-order valence-electron chi connectivity index (χ3n) is 16.8. The minimum atomic E-state index is -1.81. The van der Waals surface area contributed by atoms with E-state index < -0.39 is 111 Å². The zero-order valence-electron chi connectivity index (χ0n) is 37.5. The van der Waals surface area contributed by atoms with E-state index in [0.29, 0.717) is 43.4 Å². The molecule has 7 rings (SSSR count). The summed E-state index contributed by atoms with van der Waals surface area (Å²) in [6.45, 7) is 10.3. The van der Waals surface area contributed by atoms with Crippen molar-refractivity contribution in [3.05, 3.63) is 11.6 Å². The molecule has 0 aromatic carbocycles. The Bertz CT molecular complexity index is 1550. The molecule has 6 fully saturated rings. The van der Waals surface area contributed by atoms with Crippen molar-refractivity contribution in [1.29, 1.82) is 0 Å². The Labute approximate surface area is 370 Å². The molecule has 3 heterocycles. The second-order valence-electron chi connectivity index (χ2n) is 20.7. The number of fused-ring (bicyclic) bond motifs is 7. The molecule has 11 unspecified atom stereocenters. The highest BCUT2D eigenvalue weighted by molar-refractivity contribution is 5.26. The lowest BCUT2D eigenvalue weighted by Crippen LogP contribution is -2.61. The first kappa shape index (κ1) is 49.9. The van der Waals surface area contributed by atoms with E-state index in [1.807, 2.05) is 6.92 Å². The highest BCUT2D eigenvalue weighted by Gasteiger charge is 2.68. The molecule has 0 amide bonds. The van der Waals surface area contributed by atoms with Crippen LogP contribution in [-0.2, 0) is 33.2 Å². The lowest BCUT2D eigenvalue weighted by molar-refractivity contribution is -0.382. The van der Waals surface area contributed by atoms with E-state index in [4.69, 9.17) is 33.2 Å². The highest BCUT2D eigenvalue weighted by Crippen LogP contribution is 2.70. The van der Waals surface area contributed by atoms with E-state index in [0.717, 1.165) is 32.1 Å². The molecule has 18 nitrogen and oxygen atoms in total. The van der Waals surface area contributed by atoms with Crippen molar-refractivity contribution in [3.8, 4) is 0 Å². The number of hydrogen-bond acceptors (Lipinski definition) is 18. The Balaban J connectivity index is 1.08. The first-order valence-electron chi connectivity index (χ1n) is 23.3. The van der Waals surface area contributed by atoms with Gasteiger partial charge in [0.25, 0.3) is 0 Å². The summed E-state index contributed by atoms with van der Waals surface area (Å²) in [5, 5.41) is 116. The molecular weight excluding hydrogens is 828 g/mol. The van der Waals surface area contributed by atoms with Crippen LogP contribution < -0.4 is 0 Å². The number of ether oxygens (including phenoxy) is 7. The third-order valence-corrected chi connectivity index (χ3v) is 16.8. The largest absolute Gasteiger partial charge is 0.396 e. The van der Waals surface area contributed by atoms with Gasteiger partial charge in [0.05, 0.1) is 37.6 Å². The highest BCUT2D eigenvalue weighted by atomic mass is 16.8. The predicted molar refractivity (Wildman–Crippen MR) is 219 cm³/mol. The second kappa shape index (κ2) is 19.6. The van der Waals surface area contributed by atoms with Gasteiger partial charge in [-0.05, 0) is 106 Å². The van der Waals surface area contributed by atoms with Gasteiger partial charge in [-0.2, -0.15) is 0 Å². The van der Waals surface area contributed by atoms with E-state index in [1.165, 1.54) is 19.4 Å². The van der Waals surface area contributed by atoms with E-state index in [1.54, 1.807) is 0 Å². The van der Waals surface area contributed by atoms with Gasteiger partial charge < -0.3 is 89.3 Å². The Morgan fingerprint density at radius 3 is 2.14 bits per heavy atom. The van der Waals surface area contributed by atoms with Crippen LogP contribution in [0.2, 0.25) is 0 Å². The Morgan fingerprint density at radius 2 is 1.49 bits per heavy atom. The van der Waals surface area contributed by atoms with Crippen molar-refractivity contribution in [2.45, 2.75) is 204 Å². The summed E-state index contributed by atoms with van der Waals surface area (Å²) < 4.78 is 42.4. The Hall–Kier alpha value is -0.980. The van der Waals surface area contributed by atoms with Crippen LogP contribution in [0.15, 0.2) is 11.6 Å². The van der Waals surface area contributed by atoms with E-state index >= 15 is 0 Å². The van der Waals surface area contributed by atoms with Gasteiger partial charge in [-0.15, -0.1) is 0 Å². The molecule has 25 atom stereocenters. The van der Waals surface area contributed by atoms with Gasteiger partial charge in [-0.3, -0.25) is 0 Å². The van der Waals surface area contributed by atoms with E-state index in [-0.39, 0.29) is 41.3 Å². The second-order valence-corrected chi connectivity index (χ2v) is 20.7. The molecule has 364 valence electrons. The average molecular weight is 905 g/mol. The fourth-order valence-corrected chi connectivity index (χ4v) is 12.9. The van der Waals surface area contributed by atoms with E-state index in [9.17, 15) is 56.2 Å². The first-order chi connectivity index (χ1) is 29.7. The number of hydrogen-bond donors (Lipinski definition) is 11. The lowest BCUT2D eigenvalue weighted by atomic mass is 9.47. The smallest absolute Gasteiger partial charge is 0.189 e. The van der Waals surface area contributed by atoms with Crippen LogP contribution in [0.25, 0.3) is 0 Å². The van der Waals surface area contributed by atoms with Crippen molar-refractivity contribution in [2.75, 3.05) is 19.8 Å². The summed E-state index contributed by atoms with van der Waals surface area (Å²) in [6, 6.07) is 0. The Kier molecular flexibility index (Phi) is 15.5. The summed E-state index contributed by atoms with van der Waals surface area (Å²) in [7, 11) is 0. The Morgan fingerprint density at radius 1 is 0.810 bits per heavy atom. The fourth-order valence-electron chi connectivity index (χ4n) is 12.9. The molecule has 0 aromatic heterocycles. The van der Waals surface area contributed by atoms with Crippen LogP contribution in [0.3, 0.4) is 0 Å². The number of aliphatic hydroxyl groups is 11. The van der Waals surface area contributed by atoms with Crippen LogP contribution in [0, 0.1) is 46.3 Å². The van der Waals surface area contributed by atoms with Crippen LogP contribution >= 0.6 is 0 Å². The van der Waals surface area contributed by atoms with Crippen LogP contribution in [0.1, 0.15) is 99.3 Å². The summed E-state index contributed by atoms with van der Waals surface area (Å²) in [4.78, 5) is 0. The molecule has 11 N–H and O–H groups in total. The van der Waals surface area contributed by atoms with Gasteiger partial charge in [0, 0.05) is 18.9 Å². The molecule has 3 aliphatic heterocycles. The van der Waals surface area contributed by atoms with Crippen molar-refractivity contribution in [1.82, 2.24) is 0 Å². The van der Waals surface area contributed by atoms with Gasteiger partial charge in [0.15, 0.2) is 30.9 Å². The number of rotatable bonds is 16. The summed E-state index contributed by atoms with van der Waals surface area (Å²) in [6.07, 6.45) is -12.8. The quantitative estimate of drug-likeness (QED) is 0.0704. The average Bonchev–Trinajstić information content (AvgIpc) is 3.69. The van der Waals surface area contributed by atoms with Crippen LogP contribution in [-0.4, -0.2) is 180 Å². The predicted octanol–water partition coefficient (Wildman–Crippen LogP) is -0.236. The van der Waals surface area contributed by atoms with Crippen molar-refractivity contribution in [3.63, 3.8) is 0 Å². The summed E-state index contributed by atoms with van der Waals surface area (Å²) >= 11 is 0. The minimum Gasteiger partial charge on any atom is -0.396 e. The topological polar surface area (TPSA) is 287 Å². The monoisotopic (exact) mass is 905 g/mol. The fraction of sp³-hybridized carbons (Fsp3) is 0.956.